The highest BCUT2D eigenvalue weighted by Gasteiger charge is 2.25. The van der Waals surface area contributed by atoms with E-state index in [4.69, 9.17) is 4.74 Å². The molecule has 2 amide bonds. The van der Waals surface area contributed by atoms with Crippen LogP contribution in [-0.4, -0.2) is 43.0 Å². The summed E-state index contributed by atoms with van der Waals surface area (Å²) in [6.45, 7) is 4.91. The van der Waals surface area contributed by atoms with Gasteiger partial charge in [-0.1, -0.05) is 49.4 Å². The maximum absolute atomic E-state index is 13.0. The maximum Gasteiger partial charge on any atom is 0.242 e. The minimum atomic E-state index is -0.513. The van der Waals surface area contributed by atoms with Crippen LogP contribution in [0.3, 0.4) is 0 Å². The molecule has 0 aliphatic rings. The Labute approximate surface area is 167 Å². The Morgan fingerprint density at radius 2 is 1.71 bits per heavy atom. The molecule has 0 saturated carbocycles. The Kier molecular flexibility index (Phi) is 8.53. The average Bonchev–Trinajstić information content (AvgIpc) is 2.73. The van der Waals surface area contributed by atoms with E-state index in [0.29, 0.717) is 19.5 Å². The Balaban J connectivity index is 2.10. The van der Waals surface area contributed by atoms with Gasteiger partial charge in [0.15, 0.2) is 0 Å². The molecule has 0 unspecified atom stereocenters. The van der Waals surface area contributed by atoms with Crippen LogP contribution in [0.5, 0.6) is 5.75 Å². The second-order valence-corrected chi connectivity index (χ2v) is 6.81. The Morgan fingerprint density at radius 3 is 2.32 bits per heavy atom. The third-order valence-electron chi connectivity index (χ3n) is 4.72. The molecule has 0 bridgehead atoms. The molecule has 0 spiro atoms. The zero-order chi connectivity index (χ0) is 20.4. The first kappa shape index (κ1) is 21.5. The van der Waals surface area contributed by atoms with Gasteiger partial charge in [0, 0.05) is 13.1 Å². The molecule has 2 aromatic carbocycles. The summed E-state index contributed by atoms with van der Waals surface area (Å²) < 4.78 is 5.17. The zero-order valence-corrected chi connectivity index (χ0v) is 17.0. The molecule has 0 radical (unpaired) electrons. The summed E-state index contributed by atoms with van der Waals surface area (Å²) >= 11 is 0. The second kappa shape index (κ2) is 11.1. The second-order valence-electron chi connectivity index (χ2n) is 6.81. The maximum atomic E-state index is 13.0. The van der Waals surface area contributed by atoms with Gasteiger partial charge in [-0.2, -0.15) is 0 Å². The monoisotopic (exact) mass is 382 g/mol. The van der Waals surface area contributed by atoms with Gasteiger partial charge >= 0.3 is 0 Å². The summed E-state index contributed by atoms with van der Waals surface area (Å²) in [7, 11) is 1.61. The number of methoxy groups -OCH3 is 1. The van der Waals surface area contributed by atoms with Gasteiger partial charge < -0.3 is 15.0 Å². The molecule has 5 nitrogen and oxygen atoms in total. The fourth-order valence-electron chi connectivity index (χ4n) is 2.99. The molecule has 0 heterocycles. The van der Waals surface area contributed by atoms with E-state index in [0.717, 1.165) is 23.3 Å². The number of benzene rings is 2. The van der Waals surface area contributed by atoms with Crippen LogP contribution in [0.25, 0.3) is 0 Å². The minimum absolute atomic E-state index is 0.0553. The fraction of sp³-hybridized carbons (Fsp3) is 0.391. The van der Waals surface area contributed by atoms with Crippen molar-refractivity contribution < 1.29 is 14.3 Å². The van der Waals surface area contributed by atoms with Crippen LogP contribution in [0.15, 0.2) is 54.6 Å². The fourth-order valence-corrected chi connectivity index (χ4v) is 2.99. The van der Waals surface area contributed by atoms with Crippen molar-refractivity contribution in [2.45, 2.75) is 39.2 Å². The number of ether oxygens (including phenoxy) is 1. The van der Waals surface area contributed by atoms with Crippen LogP contribution >= 0.6 is 0 Å². The van der Waals surface area contributed by atoms with Crippen molar-refractivity contribution in [2.24, 2.45) is 0 Å². The molecule has 0 aromatic heterocycles. The van der Waals surface area contributed by atoms with Gasteiger partial charge in [-0.15, -0.1) is 0 Å². The van der Waals surface area contributed by atoms with Crippen LogP contribution < -0.4 is 10.1 Å². The van der Waals surface area contributed by atoms with Crippen LogP contribution in [0.4, 0.5) is 0 Å². The normalized spacial score (nSPS) is 11.5. The number of carbonyl (C=O) groups is 2. The largest absolute Gasteiger partial charge is 0.497 e. The first-order valence-corrected chi connectivity index (χ1v) is 9.79. The predicted octanol–water partition coefficient (Wildman–Crippen LogP) is 3.22. The van der Waals surface area contributed by atoms with Crippen molar-refractivity contribution >= 4 is 11.8 Å². The standard InChI is InChI=1S/C23H30N2O3/c1-4-15-24-23(27)18(2)25(16-14-19-8-6-5-7-9-19)22(26)17-20-10-12-21(28-3)13-11-20/h5-13,18H,4,14-17H2,1-3H3,(H,24,27)/t18-/m0/s1. The lowest BCUT2D eigenvalue weighted by Crippen LogP contribution is -2.49. The topological polar surface area (TPSA) is 58.6 Å². The van der Waals surface area contributed by atoms with Gasteiger partial charge in [-0.25, -0.2) is 0 Å². The van der Waals surface area contributed by atoms with Crippen molar-refractivity contribution in [3.63, 3.8) is 0 Å². The summed E-state index contributed by atoms with van der Waals surface area (Å²) in [6.07, 6.45) is 1.83. The number of nitrogens with one attached hydrogen (secondary N) is 1. The van der Waals surface area contributed by atoms with Gasteiger partial charge in [0.1, 0.15) is 11.8 Å². The highest BCUT2D eigenvalue weighted by atomic mass is 16.5. The zero-order valence-electron chi connectivity index (χ0n) is 17.0. The van der Waals surface area contributed by atoms with Gasteiger partial charge in [-0.3, -0.25) is 9.59 Å². The average molecular weight is 383 g/mol. The Hall–Kier alpha value is -2.82. The van der Waals surface area contributed by atoms with Crippen molar-refractivity contribution in [1.82, 2.24) is 10.2 Å². The molecule has 2 aromatic rings. The molecule has 0 fully saturated rings. The molecular formula is C23H30N2O3. The van der Waals surface area contributed by atoms with E-state index in [1.165, 1.54) is 0 Å². The van der Waals surface area contributed by atoms with Gasteiger partial charge in [0.05, 0.1) is 13.5 Å². The SMILES string of the molecule is CCCNC(=O)[C@H](C)N(CCc1ccccc1)C(=O)Cc1ccc(OC)cc1. The molecule has 28 heavy (non-hydrogen) atoms. The molecule has 2 rings (SSSR count). The number of rotatable bonds is 10. The molecule has 1 N–H and O–H groups in total. The highest BCUT2D eigenvalue weighted by molar-refractivity contribution is 5.88. The van der Waals surface area contributed by atoms with E-state index in [2.05, 4.69) is 5.32 Å². The van der Waals surface area contributed by atoms with E-state index in [9.17, 15) is 9.59 Å². The lowest BCUT2D eigenvalue weighted by atomic mass is 10.1. The quantitative estimate of drug-likeness (QED) is 0.686. The Bertz CT molecular complexity index is 744. The third-order valence-corrected chi connectivity index (χ3v) is 4.72. The van der Waals surface area contributed by atoms with Gasteiger partial charge in [0.2, 0.25) is 11.8 Å². The van der Waals surface area contributed by atoms with Gasteiger partial charge in [-0.05, 0) is 43.0 Å². The molecule has 0 aliphatic heterocycles. The van der Waals surface area contributed by atoms with Gasteiger partial charge in [0.25, 0.3) is 0 Å². The number of carbonyl (C=O) groups excluding carboxylic acids is 2. The summed E-state index contributed by atoms with van der Waals surface area (Å²) in [5.74, 6) is 0.586. The van der Waals surface area contributed by atoms with Crippen molar-refractivity contribution in [2.75, 3.05) is 20.2 Å². The lowest BCUT2D eigenvalue weighted by molar-refractivity contribution is -0.139. The first-order chi connectivity index (χ1) is 13.5. The predicted molar refractivity (Wildman–Crippen MR) is 111 cm³/mol. The first-order valence-electron chi connectivity index (χ1n) is 9.79. The van der Waals surface area contributed by atoms with E-state index in [1.807, 2.05) is 61.5 Å². The molecular weight excluding hydrogens is 352 g/mol. The summed E-state index contributed by atoms with van der Waals surface area (Å²) in [5.41, 5.74) is 2.04. The number of hydrogen-bond acceptors (Lipinski definition) is 3. The van der Waals surface area contributed by atoms with E-state index < -0.39 is 6.04 Å². The van der Waals surface area contributed by atoms with Crippen LogP contribution in [-0.2, 0) is 22.4 Å². The van der Waals surface area contributed by atoms with Crippen LogP contribution in [0, 0.1) is 0 Å². The van der Waals surface area contributed by atoms with E-state index in [1.54, 1.807) is 18.9 Å². The van der Waals surface area contributed by atoms with Crippen LogP contribution in [0.2, 0.25) is 0 Å². The van der Waals surface area contributed by atoms with Crippen LogP contribution in [0.1, 0.15) is 31.4 Å². The van der Waals surface area contributed by atoms with Crippen molar-refractivity contribution in [1.29, 1.82) is 0 Å². The highest BCUT2D eigenvalue weighted by Crippen LogP contribution is 2.14. The smallest absolute Gasteiger partial charge is 0.242 e. The number of hydrogen-bond donors (Lipinski definition) is 1. The number of amides is 2. The van der Waals surface area contributed by atoms with Crippen molar-refractivity contribution in [3.8, 4) is 5.75 Å². The summed E-state index contributed by atoms with van der Waals surface area (Å²) in [5, 5.41) is 2.90. The Morgan fingerprint density at radius 1 is 1.04 bits per heavy atom. The minimum Gasteiger partial charge on any atom is -0.497 e. The number of nitrogens with zero attached hydrogens (tertiary/aromatic N) is 1. The molecule has 0 saturated heterocycles. The van der Waals surface area contributed by atoms with Crippen molar-refractivity contribution in [3.05, 3.63) is 65.7 Å². The molecule has 5 heteroatoms. The molecule has 150 valence electrons. The summed E-state index contributed by atoms with van der Waals surface area (Å²) in [6, 6.07) is 16.9. The molecule has 1 atom stereocenters. The van der Waals surface area contributed by atoms with E-state index >= 15 is 0 Å². The lowest BCUT2D eigenvalue weighted by Gasteiger charge is -2.29. The third kappa shape index (κ3) is 6.41. The molecule has 0 aliphatic carbocycles. The summed E-state index contributed by atoms with van der Waals surface area (Å²) in [4.78, 5) is 27.2. The van der Waals surface area contributed by atoms with E-state index in [-0.39, 0.29) is 18.2 Å².